The number of nitrogens with zero attached hydrogens (tertiary/aromatic N) is 8. The third-order valence-electron chi connectivity index (χ3n) is 23.1. The molecule has 17 aromatic carbocycles. The predicted molar refractivity (Wildman–Crippen MR) is 462 cm³/mol. The zero-order valence-electron chi connectivity index (χ0n) is 60.5. The first-order valence-corrected chi connectivity index (χ1v) is 38.2. The third-order valence-corrected chi connectivity index (χ3v) is 23.1. The van der Waals surface area contributed by atoms with Crippen LogP contribution in [0, 0.1) is 0 Å². The third kappa shape index (κ3) is 9.52. The molecule has 0 aliphatic heterocycles. The number of rotatable bonds is 9. The normalized spacial score (nSPS) is 12.2. The summed E-state index contributed by atoms with van der Waals surface area (Å²) in [5.74, 6) is 3.11. The first kappa shape index (κ1) is 62.3. The first-order chi connectivity index (χ1) is 56.4. The average Bonchev–Trinajstić information content (AvgIpc) is 1.56. The van der Waals surface area contributed by atoms with Crippen molar-refractivity contribution >= 4 is 164 Å². The van der Waals surface area contributed by atoms with Gasteiger partial charge in [-0.15, -0.1) is 0 Å². The molecular weight excluding hydrogens is 1400 g/mol. The SMILES string of the molecule is c1ccc(-c2nc(-c3cc(-n4c5ccccc5c5cc6ccccc6cc54)c4c(c3)oc3ccccc34)nc(-c3ccc4oc5cc(-c6cccc7cc(-c8nc(-c9cc(-n%10c%11ccccc%11c%11cc%12ccccc%12cc%11%10)c%10c(c9)oc9ccccc9%10)nc(-c9ccc%10oc%11ccccc%11c%10c9)n8)ccc67)ccc5c4c3)n2)cc1. The number of benzene rings is 17. The van der Waals surface area contributed by atoms with Crippen LogP contribution in [0.3, 0.4) is 0 Å². The maximum absolute atomic E-state index is 6.89. The molecule has 0 aliphatic rings. The quantitative estimate of drug-likeness (QED) is 0.137. The molecule has 114 heavy (non-hydrogen) atoms. The molecule has 25 rings (SSSR count). The minimum Gasteiger partial charge on any atom is -0.456 e. The highest BCUT2D eigenvalue weighted by atomic mass is 16.3. The molecule has 8 heterocycles. The van der Waals surface area contributed by atoms with Crippen LogP contribution in [0.2, 0.25) is 0 Å². The number of hydrogen-bond acceptors (Lipinski definition) is 10. The van der Waals surface area contributed by atoms with Crippen LogP contribution in [0.1, 0.15) is 0 Å². The van der Waals surface area contributed by atoms with Gasteiger partial charge in [-0.1, -0.05) is 206 Å². The first-order valence-electron chi connectivity index (χ1n) is 38.2. The highest BCUT2D eigenvalue weighted by molar-refractivity contribution is 6.20. The van der Waals surface area contributed by atoms with E-state index in [1.807, 2.05) is 97.1 Å². The molecule has 528 valence electrons. The Bertz CT molecular complexity index is 8470. The lowest BCUT2D eigenvalue weighted by Crippen LogP contribution is -2.02. The topological polar surface area (TPSA) is 140 Å². The van der Waals surface area contributed by atoms with Gasteiger partial charge in [0.25, 0.3) is 0 Å². The zero-order valence-corrected chi connectivity index (χ0v) is 60.5. The molecule has 12 heteroatoms. The van der Waals surface area contributed by atoms with Crippen molar-refractivity contribution < 1.29 is 17.7 Å². The molecule has 0 radical (unpaired) electrons. The summed E-state index contributed by atoms with van der Waals surface area (Å²) in [5.41, 5.74) is 19.3. The van der Waals surface area contributed by atoms with Crippen LogP contribution >= 0.6 is 0 Å². The maximum Gasteiger partial charge on any atom is 0.164 e. The van der Waals surface area contributed by atoms with Crippen LogP contribution < -0.4 is 0 Å². The van der Waals surface area contributed by atoms with Gasteiger partial charge in [-0.05, 0) is 177 Å². The Labute approximate surface area is 647 Å². The minimum absolute atomic E-state index is 0.494. The van der Waals surface area contributed by atoms with Gasteiger partial charge < -0.3 is 26.8 Å². The number of furan rings is 4. The van der Waals surface area contributed by atoms with E-state index in [-0.39, 0.29) is 0 Å². The molecule has 0 saturated carbocycles. The van der Waals surface area contributed by atoms with Crippen molar-refractivity contribution in [2.45, 2.75) is 0 Å². The summed E-state index contributed by atoms with van der Waals surface area (Å²) in [6.07, 6.45) is 0. The summed E-state index contributed by atoms with van der Waals surface area (Å²) in [6.45, 7) is 0. The number of fused-ring (bicyclic) bond motifs is 21. The Morgan fingerprint density at radius 1 is 0.175 bits per heavy atom. The summed E-state index contributed by atoms with van der Waals surface area (Å²) in [7, 11) is 0. The van der Waals surface area contributed by atoms with Crippen LogP contribution in [0.4, 0.5) is 0 Å². The van der Waals surface area contributed by atoms with Gasteiger partial charge in [-0.3, -0.25) is 0 Å². The second kappa shape index (κ2) is 23.9. The fourth-order valence-electron chi connectivity index (χ4n) is 17.8. The van der Waals surface area contributed by atoms with E-state index in [1.54, 1.807) is 0 Å². The van der Waals surface area contributed by atoms with Crippen molar-refractivity contribution in [3.05, 3.63) is 340 Å². The number of para-hydroxylation sites is 5. The highest BCUT2D eigenvalue weighted by Crippen LogP contribution is 2.47. The molecule has 0 unspecified atom stereocenters. The molecule has 0 saturated heterocycles. The van der Waals surface area contributed by atoms with E-state index in [0.717, 1.165) is 203 Å². The van der Waals surface area contributed by atoms with Crippen molar-refractivity contribution in [3.8, 4) is 90.8 Å². The second-order valence-electron chi connectivity index (χ2n) is 29.6. The van der Waals surface area contributed by atoms with Crippen molar-refractivity contribution in [1.82, 2.24) is 39.0 Å². The van der Waals surface area contributed by atoms with Gasteiger partial charge in [0, 0.05) is 87.2 Å². The Kier molecular flexibility index (Phi) is 13.1. The molecule has 0 aliphatic carbocycles. The number of hydrogen-bond donors (Lipinski definition) is 0. The number of aromatic nitrogens is 8. The van der Waals surface area contributed by atoms with E-state index in [9.17, 15) is 0 Å². The van der Waals surface area contributed by atoms with Gasteiger partial charge in [0.15, 0.2) is 34.9 Å². The van der Waals surface area contributed by atoms with E-state index in [0.29, 0.717) is 34.9 Å². The lowest BCUT2D eigenvalue weighted by atomic mass is 9.96. The van der Waals surface area contributed by atoms with E-state index < -0.39 is 0 Å². The Morgan fingerprint density at radius 3 is 1.09 bits per heavy atom. The lowest BCUT2D eigenvalue weighted by molar-refractivity contribution is 0.668. The fourth-order valence-corrected chi connectivity index (χ4v) is 17.8. The van der Waals surface area contributed by atoms with Gasteiger partial charge in [-0.25, -0.2) is 29.9 Å². The summed E-state index contributed by atoms with van der Waals surface area (Å²) in [5, 5.41) is 19.3. The van der Waals surface area contributed by atoms with Gasteiger partial charge in [0.2, 0.25) is 0 Å². The van der Waals surface area contributed by atoms with Crippen LogP contribution in [-0.2, 0) is 0 Å². The largest absolute Gasteiger partial charge is 0.456 e. The molecule has 0 amide bonds. The van der Waals surface area contributed by atoms with E-state index >= 15 is 0 Å². The maximum atomic E-state index is 6.89. The summed E-state index contributed by atoms with van der Waals surface area (Å²) >= 11 is 0. The molecule has 0 fully saturated rings. The van der Waals surface area contributed by atoms with Crippen molar-refractivity contribution in [2.24, 2.45) is 0 Å². The van der Waals surface area contributed by atoms with Crippen LogP contribution in [-0.4, -0.2) is 39.0 Å². The summed E-state index contributed by atoms with van der Waals surface area (Å²) < 4.78 is 31.7. The van der Waals surface area contributed by atoms with Crippen molar-refractivity contribution in [1.29, 1.82) is 0 Å². The minimum atomic E-state index is 0.494. The fraction of sp³-hybridized carbons (Fsp3) is 0. The van der Waals surface area contributed by atoms with E-state index in [2.05, 4.69) is 252 Å². The standard InChI is InChI=1S/C102H56N8O4/c1-2-19-57(20-3-1)97-103-99(107-101(104-97)67-52-85(95-75-29-11-16-35-88(75)113-93(95)55-67)109-81-32-13-8-26-71(81)77-46-58-21-4-6-23-60(58)50-83(77)109)66-40-44-91-80(49-66)74-42-37-63(54-92(74)112-91)69-31-18-25-62-45-64(38-41-70(62)69)98-105-100(65-39-43-90-79(48-65)73-28-10-15-34-87(73)111-90)108-102(106-98)68-53-86(96-76-30-12-17-36-89(76)114-94(96)56-68)110-82-33-14-9-27-72(82)78-47-59-22-5-7-24-61(59)51-84(78)110/h1-56H. The second-order valence-corrected chi connectivity index (χ2v) is 29.6. The average molecular weight is 1460 g/mol. The molecule has 25 aromatic rings. The summed E-state index contributed by atoms with van der Waals surface area (Å²) in [6, 6.07) is 119. The smallest absolute Gasteiger partial charge is 0.164 e. The molecule has 0 bridgehead atoms. The molecular formula is C102H56N8O4. The van der Waals surface area contributed by atoms with Crippen LogP contribution in [0.15, 0.2) is 357 Å². The molecule has 0 atom stereocenters. The molecule has 8 aromatic heterocycles. The van der Waals surface area contributed by atoms with E-state index in [1.165, 1.54) is 16.2 Å². The molecule has 12 nitrogen and oxygen atoms in total. The Morgan fingerprint density at radius 2 is 0.544 bits per heavy atom. The monoisotopic (exact) mass is 1460 g/mol. The predicted octanol–water partition coefficient (Wildman–Crippen LogP) is 27.0. The Balaban J connectivity index is 0.611. The van der Waals surface area contributed by atoms with E-state index in [4.69, 9.17) is 47.6 Å². The van der Waals surface area contributed by atoms with Crippen molar-refractivity contribution in [2.75, 3.05) is 0 Å². The lowest BCUT2D eigenvalue weighted by Gasteiger charge is -2.14. The van der Waals surface area contributed by atoms with Gasteiger partial charge >= 0.3 is 0 Å². The van der Waals surface area contributed by atoms with Gasteiger partial charge in [0.1, 0.15) is 44.7 Å². The molecule has 0 spiro atoms. The summed E-state index contributed by atoms with van der Waals surface area (Å²) in [4.78, 5) is 32.3. The molecule has 0 N–H and O–H groups in total. The van der Waals surface area contributed by atoms with Crippen molar-refractivity contribution in [3.63, 3.8) is 0 Å². The van der Waals surface area contributed by atoms with Crippen LogP contribution in [0.25, 0.3) is 255 Å². The Hall–Kier alpha value is -15.7. The van der Waals surface area contributed by atoms with Gasteiger partial charge in [0.05, 0.1) is 44.2 Å². The van der Waals surface area contributed by atoms with Gasteiger partial charge in [-0.2, -0.15) is 0 Å². The zero-order chi connectivity index (χ0) is 74.4. The highest BCUT2D eigenvalue weighted by Gasteiger charge is 2.27. The van der Waals surface area contributed by atoms with Crippen LogP contribution in [0.5, 0.6) is 0 Å².